The molecular weight excluding hydrogens is 246 g/mol. The second kappa shape index (κ2) is 6.99. The molecule has 2 heteroatoms. The van der Waals surface area contributed by atoms with Crippen LogP contribution in [0.5, 0.6) is 0 Å². The van der Waals surface area contributed by atoms with Crippen LogP contribution >= 0.6 is 0 Å². The molecule has 104 valence electrons. The van der Waals surface area contributed by atoms with E-state index in [-0.39, 0.29) is 0 Å². The molecule has 0 radical (unpaired) electrons. The van der Waals surface area contributed by atoms with Gasteiger partial charge in [0, 0.05) is 24.7 Å². The molecule has 20 heavy (non-hydrogen) atoms. The maximum atomic E-state index is 11.8. The molecule has 0 saturated carbocycles. The predicted octanol–water partition coefficient (Wildman–Crippen LogP) is 4.36. The van der Waals surface area contributed by atoms with Gasteiger partial charge in [-0.2, -0.15) is 0 Å². The normalized spacial score (nSPS) is 10.5. The summed E-state index contributed by atoms with van der Waals surface area (Å²) in [4.78, 5) is 16.0. The van der Waals surface area contributed by atoms with Crippen LogP contribution in [0.25, 0.3) is 11.1 Å². The van der Waals surface area contributed by atoms with Crippen molar-refractivity contribution in [3.8, 4) is 11.1 Å². The minimum absolute atomic E-state index is 0.333. The molecule has 0 aliphatic heterocycles. The topological polar surface area (TPSA) is 30.0 Å². The quantitative estimate of drug-likeness (QED) is 0.778. The lowest BCUT2D eigenvalue weighted by Gasteiger charge is -2.05. The van der Waals surface area contributed by atoms with E-state index in [0.717, 1.165) is 24.1 Å². The number of aryl methyl sites for hydroxylation is 1. The number of benzene rings is 1. The highest BCUT2D eigenvalue weighted by Crippen LogP contribution is 2.20. The van der Waals surface area contributed by atoms with E-state index in [4.69, 9.17) is 0 Å². The van der Waals surface area contributed by atoms with E-state index in [2.05, 4.69) is 42.2 Å². The number of hydrogen-bond donors (Lipinski definition) is 0. The number of nitrogens with zero attached hydrogens (tertiary/aromatic N) is 1. The Kier molecular flexibility index (Phi) is 5.05. The lowest BCUT2D eigenvalue weighted by molar-refractivity contribution is -0.118. The zero-order chi connectivity index (χ0) is 14.4. The molecule has 2 rings (SSSR count). The average Bonchev–Trinajstić information content (AvgIpc) is 2.46. The van der Waals surface area contributed by atoms with Crippen molar-refractivity contribution in [1.29, 1.82) is 0 Å². The highest BCUT2D eigenvalue weighted by atomic mass is 16.1. The van der Waals surface area contributed by atoms with Gasteiger partial charge in [0.2, 0.25) is 0 Å². The van der Waals surface area contributed by atoms with Crippen molar-refractivity contribution in [2.45, 2.75) is 39.5 Å². The largest absolute Gasteiger partial charge is 0.299 e. The fourth-order valence-corrected chi connectivity index (χ4v) is 2.23. The van der Waals surface area contributed by atoms with Crippen LogP contribution in [0.3, 0.4) is 0 Å². The van der Waals surface area contributed by atoms with Gasteiger partial charge in [-0.05, 0) is 42.2 Å². The zero-order valence-electron chi connectivity index (χ0n) is 12.2. The summed E-state index contributed by atoms with van der Waals surface area (Å²) in [6, 6.07) is 12.3. The molecule has 1 aromatic carbocycles. The number of aromatic nitrogens is 1. The van der Waals surface area contributed by atoms with E-state index in [1.54, 1.807) is 0 Å². The van der Waals surface area contributed by atoms with Crippen molar-refractivity contribution >= 4 is 5.78 Å². The maximum absolute atomic E-state index is 11.8. The van der Waals surface area contributed by atoms with Gasteiger partial charge in [0.15, 0.2) is 0 Å². The Morgan fingerprint density at radius 1 is 1.10 bits per heavy atom. The second-order valence-electron chi connectivity index (χ2n) is 5.20. The molecule has 0 fully saturated rings. The fraction of sp³-hybridized carbons (Fsp3) is 0.333. The molecule has 0 N–H and O–H groups in total. The molecule has 0 aliphatic rings. The molecule has 0 saturated heterocycles. The van der Waals surface area contributed by atoms with Crippen LogP contribution in [-0.4, -0.2) is 10.8 Å². The van der Waals surface area contributed by atoms with Gasteiger partial charge in [0.1, 0.15) is 5.78 Å². The van der Waals surface area contributed by atoms with Gasteiger partial charge in [0.05, 0.1) is 0 Å². The van der Waals surface area contributed by atoms with E-state index in [1.165, 1.54) is 11.1 Å². The smallest absolute Gasteiger partial charge is 0.137 e. The molecule has 1 heterocycles. The first kappa shape index (κ1) is 14.4. The molecule has 2 nitrogen and oxygen atoms in total. The summed E-state index contributed by atoms with van der Waals surface area (Å²) in [5.41, 5.74) is 4.45. The Labute approximate surface area is 120 Å². The van der Waals surface area contributed by atoms with Crippen LogP contribution in [0, 0.1) is 6.92 Å². The summed E-state index contributed by atoms with van der Waals surface area (Å²) in [5, 5.41) is 0. The van der Waals surface area contributed by atoms with Crippen LogP contribution in [0.4, 0.5) is 0 Å². The first-order chi connectivity index (χ1) is 9.69. The van der Waals surface area contributed by atoms with Gasteiger partial charge < -0.3 is 0 Å². The SMILES string of the molecule is CCCCC(=O)Cc1ccc(-c2ccnc(C)c2)cc1. The van der Waals surface area contributed by atoms with Crippen molar-refractivity contribution in [2.24, 2.45) is 0 Å². The first-order valence-electron chi connectivity index (χ1n) is 7.22. The molecule has 0 bridgehead atoms. The number of pyridine rings is 1. The number of rotatable bonds is 6. The number of hydrogen-bond acceptors (Lipinski definition) is 2. The number of ketones is 1. The fourth-order valence-electron chi connectivity index (χ4n) is 2.23. The number of carbonyl (C=O) groups is 1. The van der Waals surface area contributed by atoms with Gasteiger partial charge in [0.25, 0.3) is 0 Å². The summed E-state index contributed by atoms with van der Waals surface area (Å²) < 4.78 is 0. The van der Waals surface area contributed by atoms with Crippen molar-refractivity contribution in [3.63, 3.8) is 0 Å². The third-order valence-electron chi connectivity index (χ3n) is 3.39. The molecule has 0 unspecified atom stereocenters. The van der Waals surface area contributed by atoms with E-state index in [1.807, 2.05) is 19.2 Å². The van der Waals surface area contributed by atoms with Crippen molar-refractivity contribution in [1.82, 2.24) is 4.98 Å². The average molecular weight is 267 g/mol. The van der Waals surface area contributed by atoms with Crippen LogP contribution in [-0.2, 0) is 11.2 Å². The molecule has 0 aliphatic carbocycles. The first-order valence-corrected chi connectivity index (χ1v) is 7.22. The van der Waals surface area contributed by atoms with E-state index in [0.29, 0.717) is 18.6 Å². The summed E-state index contributed by atoms with van der Waals surface area (Å²) in [5.74, 6) is 0.333. The number of unbranched alkanes of at least 4 members (excludes halogenated alkanes) is 1. The maximum Gasteiger partial charge on any atom is 0.137 e. The van der Waals surface area contributed by atoms with Crippen molar-refractivity contribution < 1.29 is 4.79 Å². The Balaban J connectivity index is 2.05. The highest BCUT2D eigenvalue weighted by molar-refractivity contribution is 5.81. The Bertz CT molecular complexity index is 572. The third-order valence-corrected chi connectivity index (χ3v) is 3.39. The van der Waals surface area contributed by atoms with Gasteiger partial charge in [-0.25, -0.2) is 0 Å². The van der Waals surface area contributed by atoms with Crippen LogP contribution < -0.4 is 0 Å². The molecule has 2 aromatic rings. The third kappa shape index (κ3) is 4.02. The minimum Gasteiger partial charge on any atom is -0.299 e. The highest BCUT2D eigenvalue weighted by Gasteiger charge is 2.04. The Morgan fingerprint density at radius 3 is 2.50 bits per heavy atom. The minimum atomic E-state index is 0.333. The molecule has 0 spiro atoms. The summed E-state index contributed by atoms with van der Waals surface area (Å²) in [7, 11) is 0. The number of carbonyl (C=O) groups excluding carboxylic acids is 1. The van der Waals surface area contributed by atoms with E-state index >= 15 is 0 Å². The summed E-state index contributed by atoms with van der Waals surface area (Å²) >= 11 is 0. The van der Waals surface area contributed by atoms with Crippen molar-refractivity contribution in [2.75, 3.05) is 0 Å². The summed E-state index contributed by atoms with van der Waals surface area (Å²) in [6.45, 7) is 4.10. The zero-order valence-corrected chi connectivity index (χ0v) is 12.2. The van der Waals surface area contributed by atoms with Gasteiger partial charge in [-0.15, -0.1) is 0 Å². The molecule has 0 atom stereocenters. The van der Waals surface area contributed by atoms with Gasteiger partial charge in [-0.3, -0.25) is 9.78 Å². The standard InChI is InChI=1S/C18H21NO/c1-3-4-5-18(20)13-15-6-8-16(9-7-15)17-10-11-19-14(2)12-17/h6-12H,3-5,13H2,1-2H3. The molecular formula is C18H21NO. The van der Waals surface area contributed by atoms with Crippen LogP contribution in [0.2, 0.25) is 0 Å². The lowest BCUT2D eigenvalue weighted by atomic mass is 10.0. The van der Waals surface area contributed by atoms with Crippen LogP contribution in [0.15, 0.2) is 42.6 Å². The lowest BCUT2D eigenvalue weighted by Crippen LogP contribution is -2.02. The molecule has 1 aromatic heterocycles. The number of Topliss-reactive ketones (excluding diaryl/α,β-unsaturated/α-hetero) is 1. The Morgan fingerprint density at radius 2 is 1.85 bits per heavy atom. The predicted molar refractivity (Wildman–Crippen MR) is 82.6 cm³/mol. The van der Waals surface area contributed by atoms with E-state index in [9.17, 15) is 4.79 Å². The van der Waals surface area contributed by atoms with E-state index < -0.39 is 0 Å². The van der Waals surface area contributed by atoms with Crippen LogP contribution in [0.1, 0.15) is 37.4 Å². The molecule has 0 amide bonds. The van der Waals surface area contributed by atoms with Crippen molar-refractivity contribution in [3.05, 3.63) is 53.9 Å². The van der Waals surface area contributed by atoms with Gasteiger partial charge in [-0.1, -0.05) is 37.6 Å². The second-order valence-corrected chi connectivity index (χ2v) is 5.20. The summed E-state index contributed by atoms with van der Waals surface area (Å²) in [6.07, 6.45) is 5.14. The Hall–Kier alpha value is -1.96. The van der Waals surface area contributed by atoms with Gasteiger partial charge >= 0.3 is 0 Å². The monoisotopic (exact) mass is 267 g/mol.